The van der Waals surface area contributed by atoms with Crippen LogP contribution in [0.3, 0.4) is 0 Å². The zero-order valence-electron chi connectivity index (χ0n) is 15.3. The molecule has 0 fully saturated rings. The van der Waals surface area contributed by atoms with Crippen LogP contribution in [0.2, 0.25) is 5.28 Å². The van der Waals surface area contributed by atoms with E-state index in [-0.39, 0.29) is 17.1 Å². The minimum atomic E-state index is -4.47. The summed E-state index contributed by atoms with van der Waals surface area (Å²) in [6.45, 7) is 1.94. The van der Waals surface area contributed by atoms with Crippen LogP contribution in [0.15, 0.2) is 36.7 Å². The first-order valence-electron chi connectivity index (χ1n) is 8.36. The maximum atomic E-state index is 12.9. The Hall–Kier alpha value is -2.81. The molecule has 2 heterocycles. The van der Waals surface area contributed by atoms with Crippen molar-refractivity contribution in [2.75, 3.05) is 17.7 Å². The van der Waals surface area contributed by atoms with E-state index in [1.807, 2.05) is 19.1 Å². The van der Waals surface area contributed by atoms with Crippen LogP contribution in [-0.2, 0) is 13.2 Å². The van der Waals surface area contributed by atoms with Gasteiger partial charge < -0.3 is 15.2 Å². The predicted octanol–water partition coefficient (Wildman–Crippen LogP) is 4.76. The topological polar surface area (TPSA) is 67.7 Å². The van der Waals surface area contributed by atoms with E-state index in [2.05, 4.69) is 25.6 Å². The van der Waals surface area contributed by atoms with E-state index < -0.39 is 11.9 Å². The second-order valence-corrected chi connectivity index (χ2v) is 6.54. The molecule has 0 saturated carbocycles. The molecule has 0 radical (unpaired) electrons. The van der Waals surface area contributed by atoms with Crippen molar-refractivity contribution < 1.29 is 13.2 Å². The van der Waals surface area contributed by atoms with Crippen LogP contribution >= 0.6 is 11.6 Å². The molecular weight excluding hydrogens is 393 g/mol. The predicted molar refractivity (Wildman–Crippen MR) is 102 cm³/mol. The largest absolute Gasteiger partial charge is 0.434 e. The van der Waals surface area contributed by atoms with Gasteiger partial charge in [0.25, 0.3) is 0 Å². The standard InChI is InChI=1S/C18H18ClF3N6/c1-10(25-15-13(23-2)8-24-17(19)27-15)11-4-6-12(7-5-11)16-26-14(9-28(16)3)18(20,21)22/h4-10,23H,1-3H3,(H,24,25,27)/t10-/m0/s1. The molecule has 0 spiro atoms. The van der Waals surface area contributed by atoms with Crippen LogP contribution < -0.4 is 10.6 Å². The summed E-state index contributed by atoms with van der Waals surface area (Å²) >= 11 is 5.86. The summed E-state index contributed by atoms with van der Waals surface area (Å²) in [6.07, 6.45) is -1.92. The minimum Gasteiger partial charge on any atom is -0.384 e. The lowest BCUT2D eigenvalue weighted by molar-refractivity contribution is -0.140. The summed E-state index contributed by atoms with van der Waals surface area (Å²) < 4.78 is 39.9. The summed E-state index contributed by atoms with van der Waals surface area (Å²) in [5.41, 5.74) is 1.30. The van der Waals surface area contributed by atoms with Crippen LogP contribution in [0.25, 0.3) is 11.4 Å². The van der Waals surface area contributed by atoms with Gasteiger partial charge in [0.15, 0.2) is 11.5 Å². The molecule has 0 bridgehead atoms. The van der Waals surface area contributed by atoms with E-state index in [0.29, 0.717) is 17.1 Å². The number of nitrogens with one attached hydrogen (secondary N) is 2. The molecule has 0 aliphatic rings. The van der Waals surface area contributed by atoms with Crippen molar-refractivity contribution in [2.45, 2.75) is 19.1 Å². The number of halogens is 4. The van der Waals surface area contributed by atoms with Gasteiger partial charge in [-0.15, -0.1) is 0 Å². The molecule has 6 nitrogen and oxygen atoms in total. The Morgan fingerprint density at radius 2 is 1.82 bits per heavy atom. The summed E-state index contributed by atoms with van der Waals surface area (Å²) in [5, 5.41) is 6.35. The molecule has 1 atom stereocenters. The number of aromatic nitrogens is 4. The number of benzene rings is 1. The maximum Gasteiger partial charge on any atom is 0.434 e. The van der Waals surface area contributed by atoms with E-state index in [1.54, 1.807) is 25.4 Å². The Morgan fingerprint density at radius 1 is 1.14 bits per heavy atom. The molecule has 148 valence electrons. The van der Waals surface area contributed by atoms with Crippen molar-refractivity contribution in [2.24, 2.45) is 7.05 Å². The molecule has 28 heavy (non-hydrogen) atoms. The smallest absolute Gasteiger partial charge is 0.384 e. The van der Waals surface area contributed by atoms with Gasteiger partial charge in [0.05, 0.1) is 17.9 Å². The van der Waals surface area contributed by atoms with Gasteiger partial charge in [-0.3, -0.25) is 0 Å². The molecule has 2 aromatic heterocycles. The van der Waals surface area contributed by atoms with Gasteiger partial charge >= 0.3 is 6.18 Å². The number of alkyl halides is 3. The fraction of sp³-hybridized carbons (Fsp3) is 0.278. The first kappa shape index (κ1) is 19.9. The van der Waals surface area contributed by atoms with Crippen LogP contribution in [0.4, 0.5) is 24.7 Å². The monoisotopic (exact) mass is 410 g/mol. The van der Waals surface area contributed by atoms with Gasteiger partial charge in [-0.2, -0.15) is 18.2 Å². The number of anilines is 2. The third-order valence-electron chi connectivity index (χ3n) is 4.22. The Labute approximate surface area is 164 Å². The van der Waals surface area contributed by atoms with Crippen molar-refractivity contribution >= 4 is 23.1 Å². The van der Waals surface area contributed by atoms with E-state index in [4.69, 9.17) is 11.6 Å². The molecular formula is C18H18ClF3N6. The van der Waals surface area contributed by atoms with Crippen LogP contribution in [0, 0.1) is 0 Å². The highest BCUT2D eigenvalue weighted by Gasteiger charge is 2.34. The van der Waals surface area contributed by atoms with E-state index >= 15 is 0 Å². The molecule has 0 aliphatic carbocycles. The lowest BCUT2D eigenvalue weighted by Crippen LogP contribution is -2.10. The van der Waals surface area contributed by atoms with Gasteiger partial charge in [-0.05, 0) is 24.1 Å². The van der Waals surface area contributed by atoms with Crippen molar-refractivity contribution in [3.05, 3.63) is 53.2 Å². The highest BCUT2D eigenvalue weighted by Crippen LogP contribution is 2.31. The summed E-state index contributed by atoms with van der Waals surface area (Å²) in [6, 6.07) is 7.01. The number of hydrogen-bond acceptors (Lipinski definition) is 5. The Balaban J connectivity index is 1.81. The molecule has 10 heteroatoms. The zero-order chi connectivity index (χ0) is 20.5. The second kappa shape index (κ2) is 7.67. The summed E-state index contributed by atoms with van der Waals surface area (Å²) in [7, 11) is 3.28. The van der Waals surface area contributed by atoms with Gasteiger partial charge in [0.2, 0.25) is 5.28 Å². The summed E-state index contributed by atoms with van der Waals surface area (Å²) in [4.78, 5) is 11.8. The lowest BCUT2D eigenvalue weighted by Gasteiger charge is -2.17. The average molecular weight is 411 g/mol. The fourth-order valence-electron chi connectivity index (χ4n) is 2.73. The fourth-order valence-corrected chi connectivity index (χ4v) is 2.87. The first-order valence-corrected chi connectivity index (χ1v) is 8.74. The maximum absolute atomic E-state index is 12.9. The van der Waals surface area contributed by atoms with Gasteiger partial charge in [-0.25, -0.2) is 9.97 Å². The van der Waals surface area contributed by atoms with Gasteiger partial charge in [0.1, 0.15) is 5.82 Å². The molecule has 2 N–H and O–H groups in total. The molecule has 0 saturated heterocycles. The lowest BCUT2D eigenvalue weighted by atomic mass is 10.1. The van der Waals surface area contributed by atoms with Crippen molar-refractivity contribution in [1.82, 2.24) is 19.5 Å². The van der Waals surface area contributed by atoms with E-state index in [9.17, 15) is 13.2 Å². The zero-order valence-corrected chi connectivity index (χ0v) is 16.1. The van der Waals surface area contributed by atoms with Gasteiger partial charge in [-0.1, -0.05) is 24.3 Å². The number of hydrogen-bond donors (Lipinski definition) is 2. The number of nitrogens with zero attached hydrogens (tertiary/aromatic N) is 4. The number of imidazole rings is 1. The molecule has 0 amide bonds. The van der Waals surface area contributed by atoms with Crippen molar-refractivity contribution in [3.63, 3.8) is 0 Å². The first-order chi connectivity index (χ1) is 13.2. The Bertz CT molecular complexity index is 968. The Morgan fingerprint density at radius 3 is 2.39 bits per heavy atom. The molecule has 0 aliphatic heterocycles. The quantitative estimate of drug-likeness (QED) is 0.593. The van der Waals surface area contributed by atoms with Crippen LogP contribution in [-0.4, -0.2) is 26.6 Å². The number of rotatable bonds is 5. The highest BCUT2D eigenvalue weighted by molar-refractivity contribution is 6.28. The molecule has 0 unspecified atom stereocenters. The van der Waals surface area contributed by atoms with E-state index in [0.717, 1.165) is 11.8 Å². The van der Waals surface area contributed by atoms with Crippen molar-refractivity contribution in [1.29, 1.82) is 0 Å². The normalized spacial score (nSPS) is 12.7. The Kier molecular flexibility index (Phi) is 5.46. The highest BCUT2D eigenvalue weighted by atomic mass is 35.5. The van der Waals surface area contributed by atoms with Gasteiger partial charge in [0, 0.05) is 25.9 Å². The van der Waals surface area contributed by atoms with E-state index in [1.165, 1.54) is 11.6 Å². The molecule has 3 rings (SSSR count). The molecule has 3 aromatic rings. The minimum absolute atomic E-state index is 0.124. The second-order valence-electron chi connectivity index (χ2n) is 6.20. The number of aryl methyl sites for hydroxylation is 1. The third-order valence-corrected chi connectivity index (χ3v) is 4.40. The molecule has 1 aromatic carbocycles. The van der Waals surface area contributed by atoms with Crippen LogP contribution in [0.1, 0.15) is 24.2 Å². The SMILES string of the molecule is CNc1cnc(Cl)nc1N[C@@H](C)c1ccc(-c2nc(C(F)(F)F)cn2C)cc1. The van der Waals surface area contributed by atoms with Crippen LogP contribution in [0.5, 0.6) is 0 Å². The third kappa shape index (κ3) is 4.19. The summed E-state index contributed by atoms with van der Waals surface area (Å²) in [5.74, 6) is 0.803. The van der Waals surface area contributed by atoms with Crippen molar-refractivity contribution in [3.8, 4) is 11.4 Å². The average Bonchev–Trinajstić information content (AvgIpc) is 3.04.